The molecule has 2 N–H and O–H groups in total. The first-order chi connectivity index (χ1) is 10.9. The summed E-state index contributed by atoms with van der Waals surface area (Å²) in [6.45, 7) is 5.29. The van der Waals surface area contributed by atoms with E-state index >= 15 is 0 Å². The Morgan fingerprint density at radius 1 is 1.35 bits per heavy atom. The number of nitrogens with one attached hydrogen (secondary N) is 1. The van der Waals surface area contributed by atoms with Gasteiger partial charge in [0, 0.05) is 17.8 Å². The third-order valence-corrected chi connectivity index (χ3v) is 3.20. The van der Waals surface area contributed by atoms with Gasteiger partial charge in [-0.25, -0.2) is 0 Å². The smallest absolute Gasteiger partial charge is 0.248 e. The van der Waals surface area contributed by atoms with Gasteiger partial charge in [-0.3, -0.25) is 9.36 Å². The van der Waals surface area contributed by atoms with E-state index in [1.54, 1.807) is 26.2 Å². The molecule has 1 aromatic carbocycles. The van der Waals surface area contributed by atoms with Crippen molar-refractivity contribution < 1.29 is 14.6 Å². The Hall–Kier alpha value is -2.67. The quantitative estimate of drug-likeness (QED) is 0.821. The molecule has 1 unspecified atom stereocenters. The molecule has 122 valence electrons. The molecule has 2 rings (SSSR count). The molecule has 0 saturated heterocycles. The van der Waals surface area contributed by atoms with Crippen LogP contribution >= 0.6 is 0 Å². The summed E-state index contributed by atoms with van der Waals surface area (Å²) < 4.78 is 7.29. The molecule has 1 heterocycles. The topological polar surface area (TPSA) is 89.3 Å². The minimum Gasteiger partial charge on any atom is -0.494 e. The van der Waals surface area contributed by atoms with Gasteiger partial charge >= 0.3 is 0 Å². The summed E-state index contributed by atoms with van der Waals surface area (Å²) in [6.07, 6.45) is 2.03. The third-order valence-electron chi connectivity index (χ3n) is 3.20. The fraction of sp³-hybridized carbons (Fsp3) is 0.312. The second-order valence-electron chi connectivity index (χ2n) is 5.11. The molecular formula is C16H20N4O3. The number of aromatic nitrogens is 3. The number of nitrogens with zero attached hydrogens (tertiary/aromatic N) is 3. The Morgan fingerprint density at radius 2 is 2.00 bits per heavy atom. The molecule has 2 aromatic rings. The number of rotatable bonds is 5. The standard InChI is InChI=1S/C16H20N4O3/c1-10(21)5-8-16(22)17-13-6-7-14(15(9-13)23-4)20-11(2)18-19-12(20)3/h5-10,21H,1-4H3,(H,17,22)/b8-5+. The number of hydrogen-bond donors (Lipinski definition) is 2. The van der Waals surface area contributed by atoms with Crippen LogP contribution in [-0.2, 0) is 4.79 Å². The van der Waals surface area contributed by atoms with Crippen molar-refractivity contribution in [2.45, 2.75) is 26.9 Å². The molecule has 1 aromatic heterocycles. The number of anilines is 1. The number of carbonyl (C=O) groups is 1. The molecule has 0 aliphatic rings. The number of aryl methyl sites for hydroxylation is 2. The van der Waals surface area contributed by atoms with Crippen LogP contribution < -0.4 is 10.1 Å². The van der Waals surface area contributed by atoms with Crippen LogP contribution in [0.5, 0.6) is 5.75 Å². The summed E-state index contributed by atoms with van der Waals surface area (Å²) in [5.41, 5.74) is 1.39. The van der Waals surface area contributed by atoms with E-state index in [9.17, 15) is 4.79 Å². The molecule has 1 amide bonds. The van der Waals surface area contributed by atoms with E-state index in [4.69, 9.17) is 9.84 Å². The molecular weight excluding hydrogens is 296 g/mol. The summed E-state index contributed by atoms with van der Waals surface area (Å²) in [5, 5.41) is 19.9. The van der Waals surface area contributed by atoms with Gasteiger partial charge in [-0.15, -0.1) is 10.2 Å². The van der Waals surface area contributed by atoms with Crippen LogP contribution in [0.2, 0.25) is 0 Å². The Labute approximate surface area is 134 Å². The van der Waals surface area contributed by atoms with Crippen LogP contribution in [0, 0.1) is 13.8 Å². The van der Waals surface area contributed by atoms with Crippen LogP contribution in [0.4, 0.5) is 5.69 Å². The zero-order chi connectivity index (χ0) is 17.0. The van der Waals surface area contributed by atoms with E-state index in [2.05, 4.69) is 15.5 Å². The average molecular weight is 316 g/mol. The van der Waals surface area contributed by atoms with Crippen molar-refractivity contribution in [1.29, 1.82) is 0 Å². The lowest BCUT2D eigenvalue weighted by molar-refractivity contribution is -0.112. The van der Waals surface area contributed by atoms with Gasteiger partial charge in [0.25, 0.3) is 0 Å². The Balaban J connectivity index is 2.29. The zero-order valence-electron chi connectivity index (χ0n) is 13.6. The molecule has 0 fully saturated rings. The van der Waals surface area contributed by atoms with Gasteiger partial charge in [-0.2, -0.15) is 0 Å². The molecule has 0 aliphatic carbocycles. The highest BCUT2D eigenvalue weighted by Gasteiger charge is 2.13. The van der Waals surface area contributed by atoms with Gasteiger partial charge in [0.1, 0.15) is 17.4 Å². The fourth-order valence-electron chi connectivity index (χ4n) is 2.17. The van der Waals surface area contributed by atoms with E-state index in [1.165, 1.54) is 12.2 Å². The first-order valence-electron chi connectivity index (χ1n) is 7.16. The van der Waals surface area contributed by atoms with Crippen LogP contribution in [0.1, 0.15) is 18.6 Å². The number of aliphatic hydroxyl groups is 1. The monoisotopic (exact) mass is 316 g/mol. The van der Waals surface area contributed by atoms with Gasteiger partial charge in [0.2, 0.25) is 5.91 Å². The summed E-state index contributed by atoms with van der Waals surface area (Å²) >= 11 is 0. The van der Waals surface area contributed by atoms with Crippen LogP contribution in [-0.4, -0.2) is 39.0 Å². The molecule has 0 spiro atoms. The Bertz CT molecular complexity index is 715. The Morgan fingerprint density at radius 3 is 2.57 bits per heavy atom. The van der Waals surface area contributed by atoms with E-state index < -0.39 is 6.10 Å². The normalized spacial score (nSPS) is 12.4. The highest BCUT2D eigenvalue weighted by atomic mass is 16.5. The number of amides is 1. The predicted octanol–water partition coefficient (Wildman–Crippen LogP) is 1.77. The molecule has 7 heteroatoms. The first kappa shape index (κ1) is 16.7. The minimum atomic E-state index is -0.669. The van der Waals surface area contributed by atoms with Crippen LogP contribution in [0.25, 0.3) is 5.69 Å². The summed E-state index contributed by atoms with van der Waals surface area (Å²) in [6, 6.07) is 5.32. The second kappa shape index (κ2) is 7.06. The van der Waals surface area contributed by atoms with E-state index in [-0.39, 0.29) is 5.91 Å². The maximum atomic E-state index is 11.8. The maximum Gasteiger partial charge on any atom is 0.248 e. The van der Waals surface area contributed by atoms with Crippen molar-refractivity contribution in [2.75, 3.05) is 12.4 Å². The van der Waals surface area contributed by atoms with Gasteiger partial charge in [0.05, 0.1) is 18.9 Å². The van der Waals surface area contributed by atoms with Crippen molar-refractivity contribution in [2.24, 2.45) is 0 Å². The predicted molar refractivity (Wildman–Crippen MR) is 86.8 cm³/mol. The van der Waals surface area contributed by atoms with Crippen molar-refractivity contribution in [1.82, 2.24) is 14.8 Å². The number of hydrogen-bond acceptors (Lipinski definition) is 5. The molecule has 0 aliphatic heterocycles. The SMILES string of the molecule is COc1cc(NC(=O)/C=C/C(C)O)ccc1-n1c(C)nnc1C. The summed E-state index contributed by atoms with van der Waals surface area (Å²) in [4.78, 5) is 11.8. The molecule has 7 nitrogen and oxygen atoms in total. The minimum absolute atomic E-state index is 0.322. The lowest BCUT2D eigenvalue weighted by atomic mass is 10.2. The highest BCUT2D eigenvalue weighted by molar-refractivity contribution is 5.99. The lowest BCUT2D eigenvalue weighted by Gasteiger charge is -2.13. The first-order valence-corrected chi connectivity index (χ1v) is 7.16. The number of aliphatic hydroxyl groups excluding tert-OH is 1. The van der Waals surface area contributed by atoms with Crippen molar-refractivity contribution in [3.63, 3.8) is 0 Å². The van der Waals surface area contributed by atoms with E-state index in [0.717, 1.165) is 17.3 Å². The van der Waals surface area contributed by atoms with Crippen molar-refractivity contribution in [3.05, 3.63) is 42.0 Å². The maximum absolute atomic E-state index is 11.8. The molecule has 0 saturated carbocycles. The van der Waals surface area contributed by atoms with E-state index in [1.807, 2.05) is 24.5 Å². The average Bonchev–Trinajstić information content (AvgIpc) is 2.84. The van der Waals surface area contributed by atoms with Gasteiger partial charge in [-0.05, 0) is 32.9 Å². The van der Waals surface area contributed by atoms with Gasteiger partial charge in [0.15, 0.2) is 0 Å². The molecule has 1 atom stereocenters. The second-order valence-corrected chi connectivity index (χ2v) is 5.11. The number of ether oxygens (including phenoxy) is 1. The number of benzene rings is 1. The number of carbonyl (C=O) groups excluding carboxylic acids is 1. The molecule has 0 radical (unpaired) electrons. The summed E-state index contributed by atoms with van der Waals surface area (Å²) in [5.74, 6) is 1.76. The van der Waals surface area contributed by atoms with E-state index in [0.29, 0.717) is 11.4 Å². The third kappa shape index (κ3) is 3.95. The van der Waals surface area contributed by atoms with Crippen LogP contribution in [0.15, 0.2) is 30.4 Å². The zero-order valence-corrected chi connectivity index (χ0v) is 13.6. The van der Waals surface area contributed by atoms with Crippen LogP contribution in [0.3, 0.4) is 0 Å². The van der Waals surface area contributed by atoms with Crippen molar-refractivity contribution >= 4 is 11.6 Å². The largest absolute Gasteiger partial charge is 0.494 e. The fourth-order valence-corrected chi connectivity index (χ4v) is 2.17. The van der Waals surface area contributed by atoms with Gasteiger partial charge in [-0.1, -0.05) is 6.08 Å². The highest BCUT2D eigenvalue weighted by Crippen LogP contribution is 2.28. The molecule has 0 bridgehead atoms. The Kier molecular flexibility index (Phi) is 5.13. The van der Waals surface area contributed by atoms with Gasteiger partial charge < -0.3 is 15.2 Å². The lowest BCUT2D eigenvalue weighted by Crippen LogP contribution is -2.10. The van der Waals surface area contributed by atoms with Crippen molar-refractivity contribution in [3.8, 4) is 11.4 Å². The summed E-state index contributed by atoms with van der Waals surface area (Å²) in [7, 11) is 1.56. The number of methoxy groups -OCH3 is 1. The molecule has 23 heavy (non-hydrogen) atoms.